The van der Waals surface area contributed by atoms with Gasteiger partial charge in [0.05, 0.1) is 35.2 Å². The van der Waals surface area contributed by atoms with Crippen LogP contribution in [0.2, 0.25) is 0 Å². The van der Waals surface area contributed by atoms with Gasteiger partial charge < -0.3 is 19.3 Å². The van der Waals surface area contributed by atoms with Crippen LogP contribution >= 0.6 is 15.9 Å². The van der Waals surface area contributed by atoms with Crippen molar-refractivity contribution in [2.45, 2.75) is 97.7 Å². The van der Waals surface area contributed by atoms with E-state index in [-0.39, 0.29) is 6.10 Å². The topological polar surface area (TPSA) is 82.8 Å². The first-order valence-electron chi connectivity index (χ1n) is 13.9. The number of rotatable bonds is 10. The highest BCUT2D eigenvalue weighted by Crippen LogP contribution is 2.36. The summed E-state index contributed by atoms with van der Waals surface area (Å²) in [4.78, 5) is 11.7. The monoisotopic (exact) mass is 590 g/mol. The van der Waals surface area contributed by atoms with Gasteiger partial charge in [-0.1, -0.05) is 51.1 Å². The summed E-state index contributed by atoms with van der Waals surface area (Å²) in [6.45, 7) is 11.7. The predicted octanol–water partition coefficient (Wildman–Crippen LogP) is 6.72. The number of aromatic nitrogens is 2. The third kappa shape index (κ3) is 7.46. The van der Waals surface area contributed by atoms with Gasteiger partial charge in [-0.05, 0) is 85.6 Å². The number of aliphatic carboxylic acids is 1. The quantitative estimate of drug-likeness (QED) is 0.331. The molecule has 1 aliphatic heterocycles. The fourth-order valence-corrected chi connectivity index (χ4v) is 6.32. The first-order valence-corrected chi connectivity index (χ1v) is 14.7. The zero-order chi connectivity index (χ0) is 27.5. The Morgan fingerprint density at radius 1 is 1.18 bits per heavy atom. The van der Waals surface area contributed by atoms with E-state index in [1.54, 1.807) is 0 Å². The SMILES string of the molecule is CC1(C)OCC(CCc2nn(CC3CCC(COC(C(=O)O)C(C)(C)C)CC3)c(-c3ccccc3)c2Br)O1. The average molecular weight is 592 g/mol. The van der Waals surface area contributed by atoms with E-state index in [9.17, 15) is 9.90 Å². The van der Waals surface area contributed by atoms with Gasteiger partial charge >= 0.3 is 5.97 Å². The smallest absolute Gasteiger partial charge is 0.333 e. The van der Waals surface area contributed by atoms with Gasteiger partial charge in [0.2, 0.25) is 0 Å². The number of carboxylic acid groups (broad SMARTS) is 1. The van der Waals surface area contributed by atoms with Gasteiger partial charge in [-0.3, -0.25) is 4.68 Å². The molecule has 7 nitrogen and oxygen atoms in total. The molecule has 1 saturated carbocycles. The molecule has 1 aliphatic carbocycles. The lowest BCUT2D eigenvalue weighted by Crippen LogP contribution is -2.38. The summed E-state index contributed by atoms with van der Waals surface area (Å²) in [7, 11) is 0. The van der Waals surface area contributed by atoms with Crippen molar-refractivity contribution < 1.29 is 24.1 Å². The number of hydrogen-bond donors (Lipinski definition) is 1. The molecule has 2 fully saturated rings. The number of carboxylic acids is 1. The van der Waals surface area contributed by atoms with E-state index in [0.717, 1.165) is 66.5 Å². The Labute approximate surface area is 235 Å². The number of aryl methyl sites for hydroxylation is 1. The summed E-state index contributed by atoms with van der Waals surface area (Å²) in [5.74, 6) is -0.461. The van der Waals surface area contributed by atoms with E-state index in [0.29, 0.717) is 25.0 Å². The molecule has 2 unspecified atom stereocenters. The second-order valence-electron chi connectivity index (χ2n) is 12.5. The highest BCUT2D eigenvalue weighted by atomic mass is 79.9. The van der Waals surface area contributed by atoms with Gasteiger partial charge in [0.25, 0.3) is 0 Å². The average Bonchev–Trinajstić information content (AvgIpc) is 3.36. The fraction of sp³-hybridized carbons (Fsp3) is 0.667. The molecule has 0 amide bonds. The van der Waals surface area contributed by atoms with E-state index in [2.05, 4.69) is 44.9 Å². The van der Waals surface area contributed by atoms with E-state index in [1.807, 2.05) is 40.7 Å². The van der Waals surface area contributed by atoms with Crippen molar-refractivity contribution in [3.05, 3.63) is 40.5 Å². The second kappa shape index (κ2) is 12.2. The maximum atomic E-state index is 11.7. The van der Waals surface area contributed by atoms with Crippen LogP contribution < -0.4 is 0 Å². The standard InChI is InChI=1S/C30H43BrN2O5/c1-29(2,3)27(28(34)35)36-18-21-13-11-20(12-14-21)17-33-26(22-9-7-6-8-10-22)25(31)24(32-33)16-15-23-19-37-30(4,5)38-23/h6-10,20-21,23,27H,11-19H2,1-5H3,(H,34,35). The third-order valence-corrected chi connectivity index (χ3v) is 8.52. The molecule has 4 rings (SSSR count). The number of halogens is 1. The third-order valence-electron chi connectivity index (χ3n) is 7.69. The lowest BCUT2D eigenvalue weighted by molar-refractivity contribution is -0.159. The summed E-state index contributed by atoms with van der Waals surface area (Å²) < 4.78 is 20.9. The van der Waals surface area contributed by atoms with Gasteiger partial charge in [-0.2, -0.15) is 5.10 Å². The molecule has 210 valence electrons. The van der Waals surface area contributed by atoms with Crippen LogP contribution in [0.25, 0.3) is 11.3 Å². The Kier molecular flexibility index (Phi) is 9.38. The number of ether oxygens (including phenoxy) is 3. The van der Waals surface area contributed by atoms with Crippen molar-refractivity contribution in [1.82, 2.24) is 9.78 Å². The molecule has 2 aliphatic rings. The summed E-state index contributed by atoms with van der Waals surface area (Å²) in [6, 6.07) is 10.5. The van der Waals surface area contributed by atoms with Gasteiger partial charge in [-0.15, -0.1) is 0 Å². The van der Waals surface area contributed by atoms with Crippen molar-refractivity contribution in [2.24, 2.45) is 17.3 Å². The van der Waals surface area contributed by atoms with Crippen LogP contribution in [0.3, 0.4) is 0 Å². The highest BCUT2D eigenvalue weighted by molar-refractivity contribution is 9.10. The Morgan fingerprint density at radius 3 is 2.42 bits per heavy atom. The van der Waals surface area contributed by atoms with Crippen LogP contribution in [0.1, 0.15) is 72.4 Å². The number of nitrogens with zero attached hydrogens (tertiary/aromatic N) is 2. The molecular formula is C30H43BrN2O5. The predicted molar refractivity (Wildman–Crippen MR) is 151 cm³/mol. The van der Waals surface area contributed by atoms with Crippen molar-refractivity contribution in [3.63, 3.8) is 0 Å². The molecule has 8 heteroatoms. The lowest BCUT2D eigenvalue weighted by Gasteiger charge is -2.32. The fourth-order valence-electron chi connectivity index (χ4n) is 5.61. The molecule has 2 aromatic rings. The molecule has 0 radical (unpaired) electrons. The largest absolute Gasteiger partial charge is 0.479 e. The maximum absolute atomic E-state index is 11.7. The minimum Gasteiger partial charge on any atom is -0.479 e. The molecule has 1 saturated heterocycles. The van der Waals surface area contributed by atoms with E-state index in [4.69, 9.17) is 19.3 Å². The molecule has 1 aromatic heterocycles. The van der Waals surface area contributed by atoms with Crippen LogP contribution in [0.5, 0.6) is 0 Å². The molecule has 1 N–H and O–H groups in total. The number of hydrogen-bond acceptors (Lipinski definition) is 5. The Bertz CT molecular complexity index is 1070. The van der Waals surface area contributed by atoms with Gasteiger partial charge in [0.15, 0.2) is 11.9 Å². The minimum atomic E-state index is -0.879. The van der Waals surface area contributed by atoms with Crippen LogP contribution in [0.15, 0.2) is 34.8 Å². The van der Waals surface area contributed by atoms with E-state index < -0.39 is 23.3 Å². The summed E-state index contributed by atoms with van der Waals surface area (Å²) in [5, 5.41) is 14.6. The van der Waals surface area contributed by atoms with Crippen molar-refractivity contribution in [3.8, 4) is 11.3 Å². The van der Waals surface area contributed by atoms with Crippen LogP contribution in [-0.2, 0) is 32.0 Å². The van der Waals surface area contributed by atoms with Crippen LogP contribution in [0.4, 0.5) is 0 Å². The van der Waals surface area contributed by atoms with Crippen LogP contribution in [0, 0.1) is 17.3 Å². The summed E-state index contributed by atoms with van der Waals surface area (Å²) in [6.07, 6.45) is 5.26. The maximum Gasteiger partial charge on any atom is 0.333 e. The highest BCUT2D eigenvalue weighted by Gasteiger charge is 2.34. The Hall–Kier alpha value is -1.74. The first-order chi connectivity index (χ1) is 17.9. The van der Waals surface area contributed by atoms with Crippen LogP contribution in [-0.4, -0.2) is 52.1 Å². The molecule has 38 heavy (non-hydrogen) atoms. The Balaban J connectivity index is 1.39. The lowest BCUT2D eigenvalue weighted by atomic mass is 9.82. The summed E-state index contributed by atoms with van der Waals surface area (Å²) in [5.41, 5.74) is 2.92. The number of carbonyl (C=O) groups is 1. The normalized spacial score (nSPS) is 24.4. The van der Waals surface area contributed by atoms with Gasteiger partial charge in [-0.25, -0.2) is 4.79 Å². The molecular weight excluding hydrogens is 548 g/mol. The van der Waals surface area contributed by atoms with Gasteiger partial charge in [0, 0.05) is 12.1 Å². The first kappa shape index (κ1) is 29.2. The minimum absolute atomic E-state index is 0.0822. The van der Waals surface area contributed by atoms with E-state index in [1.165, 1.54) is 0 Å². The summed E-state index contributed by atoms with van der Waals surface area (Å²) >= 11 is 3.89. The molecule has 2 heterocycles. The number of benzene rings is 1. The Morgan fingerprint density at radius 2 is 1.84 bits per heavy atom. The van der Waals surface area contributed by atoms with Crippen molar-refractivity contribution >= 4 is 21.9 Å². The molecule has 2 atom stereocenters. The van der Waals surface area contributed by atoms with Gasteiger partial charge in [0.1, 0.15) is 0 Å². The van der Waals surface area contributed by atoms with E-state index >= 15 is 0 Å². The zero-order valence-corrected chi connectivity index (χ0v) is 25.0. The molecule has 0 bridgehead atoms. The second-order valence-corrected chi connectivity index (χ2v) is 13.2. The van der Waals surface area contributed by atoms with Crippen molar-refractivity contribution in [1.29, 1.82) is 0 Å². The molecule has 1 aromatic carbocycles. The molecule has 0 spiro atoms. The zero-order valence-electron chi connectivity index (χ0n) is 23.4. The van der Waals surface area contributed by atoms with Crippen molar-refractivity contribution in [2.75, 3.05) is 13.2 Å².